The highest BCUT2D eigenvalue weighted by Crippen LogP contribution is 2.69. The van der Waals surface area contributed by atoms with Crippen molar-refractivity contribution < 1.29 is 0 Å². The Morgan fingerprint density at radius 3 is 2.80 bits per heavy atom. The summed E-state index contributed by atoms with van der Waals surface area (Å²) in [4.78, 5) is 0. The van der Waals surface area contributed by atoms with E-state index in [1.807, 2.05) is 0 Å². The van der Waals surface area contributed by atoms with Crippen LogP contribution in [0.4, 0.5) is 0 Å². The molecule has 2 aliphatic carbocycles. The molecular weight excluding hydrogens is 180 g/mol. The van der Waals surface area contributed by atoms with Gasteiger partial charge >= 0.3 is 0 Å². The molecule has 0 aliphatic heterocycles. The summed E-state index contributed by atoms with van der Waals surface area (Å²) in [6.45, 7) is 11.0. The smallest absolute Gasteiger partial charge is 0.0141 e. The molecule has 2 fully saturated rings. The maximum absolute atomic E-state index is 4.20. The Bertz CT molecular complexity index is 293. The first kappa shape index (κ1) is 11.0. The van der Waals surface area contributed by atoms with Crippen LogP contribution in [0, 0.1) is 17.3 Å². The van der Waals surface area contributed by atoms with Crippen molar-refractivity contribution in [2.45, 2.75) is 52.9 Å². The van der Waals surface area contributed by atoms with Gasteiger partial charge in [0, 0.05) is 0 Å². The first-order valence-electron chi connectivity index (χ1n) is 6.37. The van der Waals surface area contributed by atoms with Crippen LogP contribution in [0.15, 0.2) is 23.8 Å². The second-order valence-electron chi connectivity index (χ2n) is 5.91. The van der Waals surface area contributed by atoms with Gasteiger partial charge in [-0.05, 0) is 63.2 Å². The third kappa shape index (κ3) is 1.91. The molecule has 0 N–H and O–H groups in total. The van der Waals surface area contributed by atoms with Gasteiger partial charge in [-0.1, -0.05) is 30.7 Å². The summed E-state index contributed by atoms with van der Waals surface area (Å²) < 4.78 is 0. The van der Waals surface area contributed by atoms with Gasteiger partial charge in [0.05, 0.1) is 0 Å². The van der Waals surface area contributed by atoms with Gasteiger partial charge in [-0.25, -0.2) is 0 Å². The van der Waals surface area contributed by atoms with E-state index in [0.717, 1.165) is 11.8 Å². The Balaban J connectivity index is 1.85. The molecule has 0 spiro atoms. The summed E-state index contributed by atoms with van der Waals surface area (Å²) in [6.07, 6.45) is 9.19. The zero-order valence-corrected chi connectivity index (χ0v) is 10.5. The topological polar surface area (TPSA) is 0 Å². The van der Waals surface area contributed by atoms with Crippen LogP contribution in [0.25, 0.3) is 0 Å². The van der Waals surface area contributed by atoms with Crippen molar-refractivity contribution in [1.29, 1.82) is 0 Å². The van der Waals surface area contributed by atoms with E-state index >= 15 is 0 Å². The Morgan fingerprint density at radius 1 is 1.60 bits per heavy atom. The van der Waals surface area contributed by atoms with Crippen LogP contribution in [0.1, 0.15) is 52.9 Å². The summed E-state index contributed by atoms with van der Waals surface area (Å²) >= 11 is 0. The highest BCUT2D eigenvalue weighted by Gasteiger charge is 2.60. The van der Waals surface area contributed by atoms with Crippen LogP contribution in [-0.2, 0) is 0 Å². The van der Waals surface area contributed by atoms with Crippen LogP contribution < -0.4 is 0 Å². The summed E-state index contributed by atoms with van der Waals surface area (Å²) in [6, 6.07) is 0. The maximum atomic E-state index is 4.20. The Kier molecular flexibility index (Phi) is 2.79. The molecule has 3 unspecified atom stereocenters. The normalized spacial score (nSPS) is 34.9. The second-order valence-corrected chi connectivity index (χ2v) is 5.91. The average molecular weight is 204 g/mol. The van der Waals surface area contributed by atoms with E-state index in [1.165, 1.54) is 37.7 Å². The van der Waals surface area contributed by atoms with Gasteiger partial charge < -0.3 is 0 Å². The van der Waals surface area contributed by atoms with Crippen molar-refractivity contribution >= 4 is 0 Å². The Hall–Kier alpha value is -0.520. The van der Waals surface area contributed by atoms with Gasteiger partial charge in [-0.2, -0.15) is 0 Å². The Labute approximate surface area is 94.5 Å². The summed E-state index contributed by atoms with van der Waals surface area (Å²) in [7, 11) is 0. The van der Waals surface area contributed by atoms with Crippen molar-refractivity contribution in [1.82, 2.24) is 0 Å². The molecule has 3 atom stereocenters. The highest BCUT2D eigenvalue weighted by molar-refractivity contribution is 5.26. The SMILES string of the molecule is C=C1CCC2(C(C)CCC=C(C)C)CC12. The predicted molar refractivity (Wildman–Crippen MR) is 66.7 cm³/mol. The average Bonchev–Trinajstić information content (AvgIpc) is 2.82. The minimum Gasteiger partial charge on any atom is -0.0996 e. The van der Waals surface area contributed by atoms with Gasteiger partial charge in [0.15, 0.2) is 0 Å². The lowest BCUT2D eigenvalue weighted by molar-refractivity contribution is 0.302. The fourth-order valence-corrected chi connectivity index (χ4v) is 3.42. The van der Waals surface area contributed by atoms with E-state index in [9.17, 15) is 0 Å². The van der Waals surface area contributed by atoms with Crippen LogP contribution >= 0.6 is 0 Å². The third-order valence-electron chi connectivity index (χ3n) is 4.66. The van der Waals surface area contributed by atoms with Crippen molar-refractivity contribution in [2.24, 2.45) is 17.3 Å². The van der Waals surface area contributed by atoms with Crippen LogP contribution in [0.3, 0.4) is 0 Å². The van der Waals surface area contributed by atoms with Gasteiger partial charge in [-0.3, -0.25) is 0 Å². The molecule has 15 heavy (non-hydrogen) atoms. The molecule has 0 heteroatoms. The minimum atomic E-state index is 0.701. The van der Waals surface area contributed by atoms with Crippen molar-refractivity contribution in [3.8, 4) is 0 Å². The lowest BCUT2D eigenvalue weighted by Crippen LogP contribution is -2.11. The van der Waals surface area contributed by atoms with E-state index < -0.39 is 0 Å². The molecule has 0 heterocycles. The molecule has 0 amide bonds. The molecule has 0 aromatic heterocycles. The second kappa shape index (κ2) is 3.81. The van der Waals surface area contributed by atoms with Gasteiger partial charge in [0.25, 0.3) is 0 Å². The van der Waals surface area contributed by atoms with Crippen molar-refractivity contribution in [3.05, 3.63) is 23.8 Å². The predicted octanol–water partition coefficient (Wildman–Crippen LogP) is 4.73. The van der Waals surface area contributed by atoms with Crippen LogP contribution in [0.5, 0.6) is 0 Å². The monoisotopic (exact) mass is 204 g/mol. The molecule has 0 saturated heterocycles. The largest absolute Gasteiger partial charge is 0.0996 e. The van der Waals surface area contributed by atoms with Gasteiger partial charge in [-0.15, -0.1) is 0 Å². The fourth-order valence-electron chi connectivity index (χ4n) is 3.42. The van der Waals surface area contributed by atoms with E-state index in [4.69, 9.17) is 0 Å². The molecule has 2 rings (SSSR count). The molecule has 0 radical (unpaired) electrons. The minimum absolute atomic E-state index is 0.701. The number of hydrogen-bond acceptors (Lipinski definition) is 0. The van der Waals surface area contributed by atoms with Gasteiger partial charge in [0.1, 0.15) is 0 Å². The first-order valence-corrected chi connectivity index (χ1v) is 6.37. The summed E-state index contributed by atoms with van der Waals surface area (Å²) in [5, 5.41) is 0. The molecule has 0 aromatic carbocycles. The quantitative estimate of drug-likeness (QED) is 0.581. The standard InChI is InChI=1S/C15H24/c1-11(2)6-5-7-13(4)15-9-8-12(3)14(15)10-15/h6,13-14H,3,5,7-10H2,1-2,4H3. The van der Waals surface area contributed by atoms with E-state index in [0.29, 0.717) is 5.41 Å². The first-order chi connectivity index (χ1) is 7.06. The molecule has 0 nitrogen and oxygen atoms in total. The van der Waals surface area contributed by atoms with Gasteiger partial charge in [0.2, 0.25) is 0 Å². The van der Waals surface area contributed by atoms with E-state index in [-0.39, 0.29) is 0 Å². The lowest BCUT2D eigenvalue weighted by Gasteiger charge is -2.20. The number of fused-ring (bicyclic) bond motifs is 1. The zero-order chi connectivity index (χ0) is 11.1. The third-order valence-corrected chi connectivity index (χ3v) is 4.66. The van der Waals surface area contributed by atoms with Crippen molar-refractivity contribution in [3.63, 3.8) is 0 Å². The molecule has 84 valence electrons. The maximum Gasteiger partial charge on any atom is -0.0141 e. The summed E-state index contributed by atoms with van der Waals surface area (Å²) in [5.74, 6) is 1.80. The Morgan fingerprint density at radius 2 is 2.33 bits per heavy atom. The zero-order valence-electron chi connectivity index (χ0n) is 10.5. The molecule has 0 aromatic rings. The fraction of sp³-hybridized carbons (Fsp3) is 0.733. The number of hydrogen-bond donors (Lipinski definition) is 0. The lowest BCUT2D eigenvalue weighted by atomic mass is 9.85. The number of rotatable bonds is 4. The summed E-state index contributed by atoms with van der Waals surface area (Å²) in [5.41, 5.74) is 3.71. The van der Waals surface area contributed by atoms with E-state index in [2.05, 4.69) is 33.4 Å². The highest BCUT2D eigenvalue weighted by atomic mass is 14.6. The number of allylic oxidation sites excluding steroid dienone is 3. The van der Waals surface area contributed by atoms with E-state index in [1.54, 1.807) is 5.57 Å². The molecule has 2 saturated carbocycles. The van der Waals surface area contributed by atoms with Crippen molar-refractivity contribution in [2.75, 3.05) is 0 Å². The molecular formula is C15H24. The molecule has 2 aliphatic rings. The molecule has 0 bridgehead atoms. The van der Waals surface area contributed by atoms with Crippen LogP contribution in [0.2, 0.25) is 0 Å². The van der Waals surface area contributed by atoms with Crippen LogP contribution in [-0.4, -0.2) is 0 Å².